The summed E-state index contributed by atoms with van der Waals surface area (Å²) in [6.45, 7) is 9.20. The summed E-state index contributed by atoms with van der Waals surface area (Å²) in [5.74, 6) is -0.112. The molecular weight excluding hydrogens is 362 g/mol. The standard InChI is InChI=1S/C20H33N3O3S/c1-16-8-9-19(15-17(16)2)27(25,26)22-12-10-20(24)21-11-6-14-23-13-5-4-7-18(23)3/h8-9,15,18,22H,4-7,10-14H2,1-3H3,(H,21,24)/p+1/t18-/m0/s1. The average molecular weight is 397 g/mol. The summed E-state index contributed by atoms with van der Waals surface area (Å²) in [5.41, 5.74) is 1.98. The quantitative estimate of drug-likeness (QED) is 0.544. The first-order chi connectivity index (χ1) is 12.8. The van der Waals surface area contributed by atoms with E-state index in [-0.39, 0.29) is 23.8 Å². The maximum atomic E-state index is 12.3. The zero-order chi connectivity index (χ0) is 19.9. The highest BCUT2D eigenvalue weighted by Gasteiger charge is 2.21. The van der Waals surface area contributed by atoms with Crippen LogP contribution in [0.3, 0.4) is 0 Å². The molecule has 6 nitrogen and oxygen atoms in total. The zero-order valence-corrected chi connectivity index (χ0v) is 17.6. The molecule has 1 aliphatic heterocycles. The predicted octanol–water partition coefficient (Wildman–Crippen LogP) is 0.935. The molecule has 1 aromatic carbocycles. The van der Waals surface area contributed by atoms with Crippen molar-refractivity contribution in [3.8, 4) is 0 Å². The van der Waals surface area contributed by atoms with E-state index in [0.29, 0.717) is 12.6 Å². The molecule has 3 N–H and O–H groups in total. The third-order valence-corrected chi connectivity index (χ3v) is 6.97. The van der Waals surface area contributed by atoms with E-state index in [1.165, 1.54) is 25.8 Å². The third-order valence-electron chi connectivity index (χ3n) is 5.51. The van der Waals surface area contributed by atoms with Gasteiger partial charge in [-0.3, -0.25) is 4.79 Å². The van der Waals surface area contributed by atoms with Gasteiger partial charge in [-0.25, -0.2) is 13.1 Å². The van der Waals surface area contributed by atoms with Crippen LogP contribution in [-0.4, -0.2) is 46.5 Å². The monoisotopic (exact) mass is 396 g/mol. The number of carbonyl (C=O) groups is 1. The zero-order valence-electron chi connectivity index (χ0n) is 16.8. The number of hydrogen-bond acceptors (Lipinski definition) is 3. The van der Waals surface area contributed by atoms with Gasteiger partial charge in [0.2, 0.25) is 15.9 Å². The van der Waals surface area contributed by atoms with Crippen LogP contribution in [0.5, 0.6) is 0 Å². The van der Waals surface area contributed by atoms with Crippen molar-refractivity contribution < 1.29 is 18.1 Å². The van der Waals surface area contributed by atoms with Gasteiger partial charge in [-0.2, -0.15) is 0 Å². The number of piperidine rings is 1. The molecule has 27 heavy (non-hydrogen) atoms. The molecule has 1 saturated heterocycles. The lowest BCUT2D eigenvalue weighted by Crippen LogP contribution is -3.16. The summed E-state index contributed by atoms with van der Waals surface area (Å²) in [5, 5.41) is 2.89. The smallest absolute Gasteiger partial charge is 0.240 e. The minimum atomic E-state index is -3.57. The van der Waals surface area contributed by atoms with E-state index in [0.717, 1.165) is 24.1 Å². The molecule has 0 bridgehead atoms. The fourth-order valence-corrected chi connectivity index (χ4v) is 4.64. The number of amides is 1. The second kappa shape index (κ2) is 10.2. The molecule has 0 aliphatic carbocycles. The SMILES string of the molecule is Cc1ccc(S(=O)(=O)NCCC(=O)NCCC[NH+]2CCCC[C@@H]2C)cc1C. The van der Waals surface area contributed by atoms with Gasteiger partial charge in [0, 0.05) is 25.9 Å². The van der Waals surface area contributed by atoms with Crippen LogP contribution in [0.25, 0.3) is 0 Å². The van der Waals surface area contributed by atoms with Crippen LogP contribution in [0.4, 0.5) is 0 Å². The lowest BCUT2D eigenvalue weighted by molar-refractivity contribution is -0.928. The average Bonchev–Trinajstić information content (AvgIpc) is 2.62. The molecule has 1 amide bonds. The van der Waals surface area contributed by atoms with Gasteiger partial charge in [0.05, 0.1) is 24.0 Å². The maximum Gasteiger partial charge on any atom is 0.240 e. The van der Waals surface area contributed by atoms with Crippen molar-refractivity contribution in [1.82, 2.24) is 10.0 Å². The van der Waals surface area contributed by atoms with Crippen LogP contribution in [-0.2, 0) is 14.8 Å². The fraction of sp³-hybridized carbons (Fsp3) is 0.650. The van der Waals surface area contributed by atoms with Gasteiger partial charge in [-0.15, -0.1) is 0 Å². The number of benzene rings is 1. The maximum absolute atomic E-state index is 12.3. The minimum absolute atomic E-state index is 0.107. The summed E-state index contributed by atoms with van der Waals surface area (Å²) in [4.78, 5) is 13.8. The lowest BCUT2D eigenvalue weighted by Gasteiger charge is -2.30. The molecular formula is C20H34N3O3S+. The molecule has 0 spiro atoms. The summed E-state index contributed by atoms with van der Waals surface area (Å²) in [7, 11) is -3.57. The molecule has 1 fully saturated rings. The molecule has 1 aromatic rings. The number of rotatable bonds is 9. The van der Waals surface area contributed by atoms with E-state index in [1.807, 2.05) is 13.8 Å². The van der Waals surface area contributed by atoms with Crippen molar-refractivity contribution in [3.05, 3.63) is 29.3 Å². The molecule has 2 atom stereocenters. The van der Waals surface area contributed by atoms with E-state index in [9.17, 15) is 13.2 Å². The van der Waals surface area contributed by atoms with Crippen LogP contribution >= 0.6 is 0 Å². The molecule has 0 saturated carbocycles. The van der Waals surface area contributed by atoms with Crippen molar-refractivity contribution in [2.24, 2.45) is 0 Å². The van der Waals surface area contributed by atoms with Gasteiger partial charge in [0.25, 0.3) is 0 Å². The summed E-state index contributed by atoms with van der Waals surface area (Å²) < 4.78 is 27.1. The van der Waals surface area contributed by atoms with Crippen LogP contribution in [0.15, 0.2) is 23.1 Å². The van der Waals surface area contributed by atoms with E-state index in [1.54, 1.807) is 23.1 Å². The highest BCUT2D eigenvalue weighted by Crippen LogP contribution is 2.14. The Balaban J connectivity index is 1.65. The van der Waals surface area contributed by atoms with Gasteiger partial charge in [-0.1, -0.05) is 6.07 Å². The van der Waals surface area contributed by atoms with Crippen molar-refractivity contribution in [2.45, 2.75) is 63.8 Å². The minimum Gasteiger partial charge on any atom is -0.356 e. The normalized spacial score (nSPS) is 20.4. The Labute approximate surface area is 163 Å². The fourth-order valence-electron chi connectivity index (χ4n) is 3.52. The highest BCUT2D eigenvalue weighted by molar-refractivity contribution is 7.89. The Morgan fingerprint density at radius 3 is 2.67 bits per heavy atom. The Hall–Kier alpha value is -1.44. The third kappa shape index (κ3) is 6.90. The Morgan fingerprint density at radius 2 is 1.96 bits per heavy atom. The molecule has 1 heterocycles. The van der Waals surface area contributed by atoms with E-state index in [4.69, 9.17) is 0 Å². The summed E-state index contributed by atoms with van der Waals surface area (Å²) in [6, 6.07) is 5.76. The second-order valence-corrected chi connectivity index (χ2v) is 9.42. The molecule has 1 aliphatic rings. The van der Waals surface area contributed by atoms with E-state index in [2.05, 4.69) is 17.0 Å². The number of likely N-dealkylation sites (tertiary alicyclic amines) is 1. The lowest BCUT2D eigenvalue weighted by atomic mass is 10.0. The number of carbonyl (C=O) groups excluding carboxylic acids is 1. The summed E-state index contributed by atoms with van der Waals surface area (Å²) >= 11 is 0. The van der Waals surface area contributed by atoms with Crippen molar-refractivity contribution in [2.75, 3.05) is 26.2 Å². The predicted molar refractivity (Wildman–Crippen MR) is 107 cm³/mol. The molecule has 152 valence electrons. The van der Waals surface area contributed by atoms with Crippen LogP contribution in [0, 0.1) is 13.8 Å². The van der Waals surface area contributed by atoms with Gasteiger partial charge in [0.15, 0.2) is 0 Å². The number of quaternary nitrogens is 1. The molecule has 1 unspecified atom stereocenters. The largest absolute Gasteiger partial charge is 0.356 e. The van der Waals surface area contributed by atoms with E-state index < -0.39 is 10.0 Å². The van der Waals surface area contributed by atoms with Gasteiger partial charge in [0.1, 0.15) is 0 Å². The van der Waals surface area contributed by atoms with Crippen LogP contribution in [0.1, 0.15) is 50.2 Å². The van der Waals surface area contributed by atoms with Crippen LogP contribution in [0.2, 0.25) is 0 Å². The first kappa shape index (κ1) is 21.9. The first-order valence-electron chi connectivity index (χ1n) is 9.98. The number of hydrogen-bond donors (Lipinski definition) is 3. The highest BCUT2D eigenvalue weighted by atomic mass is 32.2. The number of sulfonamides is 1. The Morgan fingerprint density at radius 1 is 1.19 bits per heavy atom. The Kier molecular flexibility index (Phi) is 8.26. The van der Waals surface area contributed by atoms with Crippen molar-refractivity contribution >= 4 is 15.9 Å². The van der Waals surface area contributed by atoms with Gasteiger partial charge < -0.3 is 10.2 Å². The van der Waals surface area contributed by atoms with Crippen molar-refractivity contribution in [1.29, 1.82) is 0 Å². The molecule has 0 aromatic heterocycles. The van der Waals surface area contributed by atoms with Crippen molar-refractivity contribution in [3.63, 3.8) is 0 Å². The molecule has 7 heteroatoms. The van der Waals surface area contributed by atoms with E-state index >= 15 is 0 Å². The topological polar surface area (TPSA) is 79.7 Å². The van der Waals surface area contributed by atoms with Crippen LogP contribution < -0.4 is 14.9 Å². The van der Waals surface area contributed by atoms with Gasteiger partial charge in [-0.05, 0) is 63.3 Å². The Bertz CT molecular complexity index is 734. The molecule has 0 radical (unpaired) electrons. The summed E-state index contributed by atoms with van der Waals surface area (Å²) in [6.07, 6.45) is 5.03. The second-order valence-electron chi connectivity index (χ2n) is 7.65. The number of nitrogens with one attached hydrogen (secondary N) is 3. The van der Waals surface area contributed by atoms with Gasteiger partial charge >= 0.3 is 0 Å². The first-order valence-corrected chi connectivity index (χ1v) is 11.5. The number of aryl methyl sites for hydroxylation is 2. The molecule has 2 rings (SSSR count).